The Labute approximate surface area is 153 Å². The van der Waals surface area contributed by atoms with Gasteiger partial charge in [-0.1, -0.05) is 0 Å². The summed E-state index contributed by atoms with van der Waals surface area (Å²) < 4.78 is 72.7. The number of halogens is 3. The van der Waals surface area contributed by atoms with Crippen molar-refractivity contribution in [2.24, 2.45) is 0 Å². The minimum Gasteiger partial charge on any atom is -0.487 e. The molecule has 1 aliphatic heterocycles. The van der Waals surface area contributed by atoms with Crippen LogP contribution in [0.15, 0.2) is 35.2 Å². The Balaban J connectivity index is 2.00. The van der Waals surface area contributed by atoms with Crippen molar-refractivity contribution in [3.63, 3.8) is 0 Å². The Kier molecular flexibility index (Phi) is 4.77. The van der Waals surface area contributed by atoms with Crippen LogP contribution in [-0.2, 0) is 14.8 Å². The summed E-state index contributed by atoms with van der Waals surface area (Å²) in [6, 6.07) is 5.15. The zero-order chi connectivity index (χ0) is 19.9. The van der Waals surface area contributed by atoms with Gasteiger partial charge in [-0.3, -0.25) is 9.52 Å². The molecule has 0 bridgehead atoms. The molecule has 0 spiro atoms. The summed E-state index contributed by atoms with van der Waals surface area (Å²) in [4.78, 5) is 12.9. The van der Waals surface area contributed by atoms with E-state index in [1.807, 2.05) is 4.72 Å². The zero-order valence-corrected chi connectivity index (χ0v) is 15.1. The Morgan fingerprint density at radius 1 is 1.19 bits per heavy atom. The Hall–Kier alpha value is -2.75. The van der Waals surface area contributed by atoms with E-state index < -0.39 is 33.2 Å². The first-order valence-electron chi connectivity index (χ1n) is 7.85. The van der Waals surface area contributed by atoms with Crippen LogP contribution in [0.3, 0.4) is 0 Å². The first-order valence-corrected chi connectivity index (χ1v) is 9.33. The fourth-order valence-electron chi connectivity index (χ4n) is 2.69. The molecule has 1 heterocycles. The van der Waals surface area contributed by atoms with Gasteiger partial charge in [-0.25, -0.2) is 21.6 Å². The molecule has 1 atom stereocenters. The summed E-state index contributed by atoms with van der Waals surface area (Å²) in [5, 5.41) is 0. The van der Waals surface area contributed by atoms with Crippen molar-refractivity contribution in [2.45, 2.75) is 24.8 Å². The summed E-state index contributed by atoms with van der Waals surface area (Å²) in [7, 11) is -4.33. The highest BCUT2D eigenvalue weighted by molar-refractivity contribution is 7.92. The second kappa shape index (κ2) is 6.76. The number of ether oxygens (including phenoxy) is 1. The molecule has 0 fully saturated rings. The Morgan fingerprint density at radius 2 is 1.89 bits per heavy atom. The van der Waals surface area contributed by atoms with E-state index in [2.05, 4.69) is 0 Å². The van der Waals surface area contributed by atoms with E-state index in [9.17, 15) is 26.4 Å². The molecule has 0 saturated carbocycles. The van der Waals surface area contributed by atoms with E-state index in [0.717, 1.165) is 6.07 Å². The van der Waals surface area contributed by atoms with Gasteiger partial charge in [0.1, 0.15) is 11.9 Å². The molecule has 3 rings (SSSR count). The van der Waals surface area contributed by atoms with Crippen LogP contribution in [-0.4, -0.2) is 27.0 Å². The molecule has 10 heteroatoms. The number of benzene rings is 2. The maximum Gasteiger partial charge on any atom is 0.262 e. The lowest BCUT2D eigenvalue weighted by Gasteiger charge is -2.33. The minimum absolute atomic E-state index is 0.233. The number of rotatable bonds is 3. The van der Waals surface area contributed by atoms with Gasteiger partial charge in [0.2, 0.25) is 5.91 Å². The lowest BCUT2D eigenvalue weighted by Crippen LogP contribution is -2.41. The van der Waals surface area contributed by atoms with Crippen molar-refractivity contribution in [3.05, 3.63) is 47.8 Å². The smallest absolute Gasteiger partial charge is 0.262 e. The molecule has 0 radical (unpaired) electrons. The van der Waals surface area contributed by atoms with E-state index in [1.165, 1.54) is 30.0 Å². The van der Waals surface area contributed by atoms with Gasteiger partial charge in [0, 0.05) is 6.92 Å². The van der Waals surface area contributed by atoms with Crippen LogP contribution in [0.25, 0.3) is 0 Å². The van der Waals surface area contributed by atoms with Crippen molar-refractivity contribution in [1.82, 2.24) is 0 Å². The lowest BCUT2D eigenvalue weighted by atomic mass is 10.2. The van der Waals surface area contributed by atoms with Crippen LogP contribution in [0.4, 0.5) is 24.5 Å². The molecule has 1 amide bonds. The van der Waals surface area contributed by atoms with Gasteiger partial charge >= 0.3 is 0 Å². The zero-order valence-electron chi connectivity index (χ0n) is 14.3. The van der Waals surface area contributed by atoms with Gasteiger partial charge in [0.25, 0.3) is 10.0 Å². The molecule has 144 valence electrons. The van der Waals surface area contributed by atoms with Crippen molar-refractivity contribution in [1.29, 1.82) is 0 Å². The number of sulfonamides is 1. The second-order valence-electron chi connectivity index (χ2n) is 6.02. The van der Waals surface area contributed by atoms with Crippen molar-refractivity contribution in [2.75, 3.05) is 16.2 Å². The van der Waals surface area contributed by atoms with E-state index in [1.54, 1.807) is 6.92 Å². The summed E-state index contributed by atoms with van der Waals surface area (Å²) in [5.41, 5.74) is -0.492. The fourth-order valence-corrected chi connectivity index (χ4v) is 3.77. The summed E-state index contributed by atoms with van der Waals surface area (Å²) in [6.07, 6.45) is -0.279. The van der Waals surface area contributed by atoms with Crippen LogP contribution in [0, 0.1) is 17.5 Å². The number of nitrogens with one attached hydrogen (secondary N) is 1. The van der Waals surface area contributed by atoms with E-state index in [0.29, 0.717) is 11.8 Å². The van der Waals surface area contributed by atoms with Crippen molar-refractivity contribution in [3.8, 4) is 5.75 Å². The number of hydrogen-bond donors (Lipinski definition) is 1. The standard InChI is InChI=1S/C17H15F3N2O4S/c1-9-8-22(10(2)23)14-7-11(3-6-15(14)26-9)27(24,25)21-13-5-4-12(18)16(19)17(13)20/h3-7,9,21H,8H2,1-2H3. The highest BCUT2D eigenvalue weighted by atomic mass is 32.2. The summed E-state index contributed by atoms with van der Waals surface area (Å²) in [6.45, 7) is 3.33. The highest BCUT2D eigenvalue weighted by Gasteiger charge is 2.28. The average Bonchev–Trinajstić information content (AvgIpc) is 2.61. The third kappa shape index (κ3) is 3.57. The predicted octanol–water partition coefficient (Wildman–Crippen LogP) is 3.04. The number of fused-ring (bicyclic) bond motifs is 1. The lowest BCUT2D eigenvalue weighted by molar-refractivity contribution is -0.117. The van der Waals surface area contributed by atoms with E-state index >= 15 is 0 Å². The molecule has 1 N–H and O–H groups in total. The average molecular weight is 400 g/mol. The van der Waals surface area contributed by atoms with Gasteiger partial charge in [-0.05, 0) is 37.3 Å². The minimum atomic E-state index is -4.33. The summed E-state index contributed by atoms with van der Waals surface area (Å²) in [5.74, 6) is -4.86. The molecular formula is C17H15F3N2O4S. The van der Waals surface area contributed by atoms with Gasteiger partial charge in [0.15, 0.2) is 17.5 Å². The number of hydrogen-bond acceptors (Lipinski definition) is 4. The first kappa shape index (κ1) is 19.0. The maximum atomic E-state index is 13.8. The third-order valence-corrected chi connectivity index (χ3v) is 5.32. The molecule has 1 unspecified atom stereocenters. The monoisotopic (exact) mass is 400 g/mol. The normalized spacial score (nSPS) is 16.5. The molecular weight excluding hydrogens is 385 g/mol. The van der Waals surface area contributed by atoms with Crippen LogP contribution in [0.1, 0.15) is 13.8 Å². The quantitative estimate of drug-likeness (QED) is 0.804. The predicted molar refractivity (Wildman–Crippen MR) is 91.7 cm³/mol. The Morgan fingerprint density at radius 3 is 2.56 bits per heavy atom. The number of carbonyl (C=O) groups excluding carboxylic acids is 1. The van der Waals surface area contributed by atoms with Gasteiger partial charge in [-0.15, -0.1) is 0 Å². The van der Waals surface area contributed by atoms with Crippen LogP contribution < -0.4 is 14.4 Å². The van der Waals surface area contributed by atoms with Gasteiger partial charge < -0.3 is 9.64 Å². The van der Waals surface area contributed by atoms with Crippen LogP contribution >= 0.6 is 0 Å². The number of nitrogens with zero attached hydrogens (tertiary/aromatic N) is 1. The number of carbonyl (C=O) groups is 1. The topological polar surface area (TPSA) is 75.7 Å². The van der Waals surface area contributed by atoms with E-state index in [-0.39, 0.29) is 29.1 Å². The van der Waals surface area contributed by atoms with Crippen LogP contribution in [0.5, 0.6) is 5.75 Å². The second-order valence-corrected chi connectivity index (χ2v) is 7.70. The molecule has 2 aromatic carbocycles. The van der Waals surface area contributed by atoms with Crippen LogP contribution in [0.2, 0.25) is 0 Å². The summed E-state index contributed by atoms with van der Waals surface area (Å²) >= 11 is 0. The van der Waals surface area contributed by atoms with Gasteiger partial charge in [0.05, 0.1) is 22.8 Å². The SMILES string of the molecule is CC(=O)N1CC(C)Oc2ccc(S(=O)(=O)Nc3ccc(F)c(F)c3F)cc21. The molecule has 6 nitrogen and oxygen atoms in total. The molecule has 0 saturated heterocycles. The Bertz CT molecular complexity index is 1030. The molecule has 0 aliphatic carbocycles. The molecule has 1 aliphatic rings. The van der Waals surface area contributed by atoms with Crippen molar-refractivity contribution >= 4 is 27.3 Å². The highest BCUT2D eigenvalue weighted by Crippen LogP contribution is 2.36. The fraction of sp³-hybridized carbons (Fsp3) is 0.235. The first-order chi connectivity index (χ1) is 12.6. The maximum absolute atomic E-state index is 13.8. The largest absolute Gasteiger partial charge is 0.487 e. The van der Waals surface area contributed by atoms with Gasteiger partial charge in [-0.2, -0.15) is 0 Å². The van der Waals surface area contributed by atoms with Crippen molar-refractivity contribution < 1.29 is 31.1 Å². The van der Waals surface area contributed by atoms with E-state index in [4.69, 9.17) is 4.74 Å². The molecule has 2 aromatic rings. The molecule has 0 aromatic heterocycles. The molecule has 27 heavy (non-hydrogen) atoms. The third-order valence-electron chi connectivity index (χ3n) is 3.96. The number of amides is 1. The number of anilines is 2.